The Balaban J connectivity index is 1.77. The number of nitrogens with zero attached hydrogens (tertiary/aromatic N) is 4. The summed E-state index contributed by atoms with van der Waals surface area (Å²) in [6, 6.07) is 16.5. The van der Waals surface area contributed by atoms with Crippen LogP contribution in [0, 0.1) is 0 Å². The molecule has 4 aromatic rings. The van der Waals surface area contributed by atoms with Crippen LogP contribution in [0.3, 0.4) is 0 Å². The van der Waals surface area contributed by atoms with Crippen molar-refractivity contribution in [1.82, 2.24) is 20.3 Å². The van der Waals surface area contributed by atoms with Crippen molar-refractivity contribution in [1.29, 1.82) is 0 Å². The van der Waals surface area contributed by atoms with Crippen molar-refractivity contribution in [3.63, 3.8) is 0 Å². The molecule has 2 aromatic carbocycles. The van der Waals surface area contributed by atoms with Crippen LogP contribution in [0.1, 0.15) is 39.0 Å². The average Bonchev–Trinajstić information content (AvgIpc) is 3.48. The molecule has 0 aliphatic carbocycles. The smallest absolute Gasteiger partial charge is 0.251 e. The van der Waals surface area contributed by atoms with Crippen LogP contribution in [0.2, 0.25) is 5.02 Å². The van der Waals surface area contributed by atoms with Gasteiger partial charge in [0.1, 0.15) is 17.8 Å². The molecular formula is C25H26ClN5O3. The van der Waals surface area contributed by atoms with Crippen molar-refractivity contribution in [2.45, 2.75) is 45.3 Å². The highest BCUT2D eigenvalue weighted by molar-refractivity contribution is 6.30. The Kier molecular flexibility index (Phi) is 6.70. The van der Waals surface area contributed by atoms with Gasteiger partial charge in [0.2, 0.25) is 5.91 Å². The highest BCUT2D eigenvalue weighted by atomic mass is 35.5. The van der Waals surface area contributed by atoms with Gasteiger partial charge >= 0.3 is 0 Å². The van der Waals surface area contributed by atoms with Crippen molar-refractivity contribution in [3.05, 3.63) is 77.7 Å². The van der Waals surface area contributed by atoms with E-state index in [1.807, 2.05) is 45.0 Å². The first-order valence-electron chi connectivity index (χ1n) is 11.0. The standard InChI is InChI=1S/C25H26ClN5O3/c1-4-25(2,3)27-24(33)23(21-10-7-15-34-21)31(18-13-11-17(26)12-14-18)22(32)16-30-20-9-6-5-8-19(20)28-29-30/h5-15,23H,4,16H2,1-3H3,(H,27,33)/t23-/m1/s1. The van der Waals surface area contributed by atoms with Crippen LogP contribution in [0.4, 0.5) is 5.69 Å². The molecule has 0 bridgehead atoms. The van der Waals surface area contributed by atoms with Gasteiger partial charge < -0.3 is 9.73 Å². The van der Waals surface area contributed by atoms with Crippen LogP contribution >= 0.6 is 11.6 Å². The molecule has 0 radical (unpaired) electrons. The first-order valence-corrected chi connectivity index (χ1v) is 11.4. The topological polar surface area (TPSA) is 93.3 Å². The zero-order valence-electron chi connectivity index (χ0n) is 19.2. The Labute approximate surface area is 202 Å². The summed E-state index contributed by atoms with van der Waals surface area (Å²) in [5.74, 6) is -0.367. The lowest BCUT2D eigenvalue weighted by Crippen LogP contribution is -2.51. The summed E-state index contributed by atoms with van der Waals surface area (Å²) in [6.45, 7) is 5.73. The number of hydrogen-bond donors (Lipinski definition) is 1. The highest BCUT2D eigenvalue weighted by Gasteiger charge is 2.37. The third-order valence-electron chi connectivity index (χ3n) is 5.74. The van der Waals surface area contributed by atoms with Crippen molar-refractivity contribution >= 4 is 40.1 Å². The normalized spacial score (nSPS) is 12.5. The summed E-state index contributed by atoms with van der Waals surface area (Å²) in [5, 5.41) is 11.8. The van der Waals surface area contributed by atoms with Gasteiger partial charge in [-0.05, 0) is 68.8 Å². The van der Waals surface area contributed by atoms with Crippen LogP contribution in [0.5, 0.6) is 0 Å². The van der Waals surface area contributed by atoms with Crippen LogP contribution in [0.25, 0.3) is 11.0 Å². The van der Waals surface area contributed by atoms with Crippen molar-refractivity contribution in [2.75, 3.05) is 4.90 Å². The lowest BCUT2D eigenvalue weighted by molar-refractivity contribution is -0.128. The summed E-state index contributed by atoms with van der Waals surface area (Å²) in [7, 11) is 0. The number of furan rings is 1. The van der Waals surface area contributed by atoms with E-state index in [2.05, 4.69) is 15.6 Å². The Morgan fingerprint density at radius 3 is 2.53 bits per heavy atom. The number of carbonyl (C=O) groups excluding carboxylic acids is 2. The number of rotatable bonds is 8. The third kappa shape index (κ3) is 4.97. The summed E-state index contributed by atoms with van der Waals surface area (Å²) >= 11 is 6.10. The molecule has 0 spiro atoms. The Bertz CT molecular complexity index is 1280. The van der Waals surface area contributed by atoms with Crippen molar-refractivity contribution < 1.29 is 14.0 Å². The highest BCUT2D eigenvalue weighted by Crippen LogP contribution is 2.30. The van der Waals surface area contributed by atoms with E-state index in [4.69, 9.17) is 16.0 Å². The van der Waals surface area contributed by atoms with Gasteiger partial charge in [-0.1, -0.05) is 35.9 Å². The Morgan fingerprint density at radius 1 is 1.12 bits per heavy atom. The van der Waals surface area contributed by atoms with E-state index in [0.717, 1.165) is 5.52 Å². The van der Waals surface area contributed by atoms with Crippen LogP contribution < -0.4 is 10.2 Å². The SMILES string of the molecule is CCC(C)(C)NC(=O)[C@@H](c1ccco1)N(C(=O)Cn1nnc2ccccc21)c1ccc(Cl)cc1. The number of aromatic nitrogens is 3. The van der Waals surface area contributed by atoms with E-state index in [0.29, 0.717) is 28.4 Å². The van der Waals surface area contributed by atoms with Gasteiger partial charge in [0.15, 0.2) is 6.04 Å². The maximum absolute atomic E-state index is 13.8. The third-order valence-corrected chi connectivity index (χ3v) is 6.00. The van der Waals surface area contributed by atoms with Gasteiger partial charge in [-0.25, -0.2) is 4.68 Å². The maximum atomic E-state index is 13.8. The molecule has 9 heteroatoms. The molecule has 0 aliphatic rings. The lowest BCUT2D eigenvalue weighted by Gasteiger charge is -2.33. The molecule has 0 saturated carbocycles. The number of carbonyl (C=O) groups is 2. The predicted octanol–water partition coefficient (Wildman–Crippen LogP) is 4.76. The van der Waals surface area contributed by atoms with E-state index in [1.54, 1.807) is 36.4 Å². The van der Waals surface area contributed by atoms with Gasteiger partial charge in [0.05, 0.1) is 11.8 Å². The molecule has 8 nitrogen and oxygen atoms in total. The molecule has 0 unspecified atom stereocenters. The average molecular weight is 480 g/mol. The van der Waals surface area contributed by atoms with Crippen LogP contribution in [-0.4, -0.2) is 32.3 Å². The fourth-order valence-corrected chi connectivity index (χ4v) is 3.71. The van der Waals surface area contributed by atoms with E-state index >= 15 is 0 Å². The minimum absolute atomic E-state index is 0.120. The van der Waals surface area contributed by atoms with Crippen molar-refractivity contribution in [2.24, 2.45) is 0 Å². The molecule has 0 aliphatic heterocycles. The van der Waals surface area contributed by atoms with E-state index < -0.39 is 11.6 Å². The molecular weight excluding hydrogens is 454 g/mol. The first-order chi connectivity index (χ1) is 16.3. The van der Waals surface area contributed by atoms with Gasteiger partial charge in [0.25, 0.3) is 5.91 Å². The number of benzene rings is 2. The number of amides is 2. The Hall–Kier alpha value is -3.65. The molecule has 34 heavy (non-hydrogen) atoms. The number of nitrogens with one attached hydrogen (secondary N) is 1. The zero-order chi connectivity index (χ0) is 24.3. The number of hydrogen-bond acceptors (Lipinski definition) is 5. The molecule has 2 heterocycles. The molecule has 0 saturated heterocycles. The Morgan fingerprint density at radius 2 is 1.85 bits per heavy atom. The molecule has 2 aromatic heterocycles. The quantitative estimate of drug-likeness (QED) is 0.393. The number of halogens is 1. The molecule has 0 fully saturated rings. The van der Waals surface area contributed by atoms with Crippen LogP contribution in [0.15, 0.2) is 71.3 Å². The zero-order valence-corrected chi connectivity index (χ0v) is 20.0. The van der Waals surface area contributed by atoms with Gasteiger partial charge in [-0.3, -0.25) is 14.5 Å². The van der Waals surface area contributed by atoms with Crippen molar-refractivity contribution in [3.8, 4) is 0 Å². The lowest BCUT2D eigenvalue weighted by atomic mass is 10.0. The largest absolute Gasteiger partial charge is 0.467 e. The maximum Gasteiger partial charge on any atom is 0.251 e. The van der Waals surface area contributed by atoms with E-state index in [1.165, 1.54) is 15.8 Å². The molecule has 1 N–H and O–H groups in total. The second kappa shape index (κ2) is 9.69. The second-order valence-corrected chi connectivity index (χ2v) is 9.06. The molecule has 1 atom stereocenters. The number of anilines is 1. The first kappa shape index (κ1) is 23.5. The van der Waals surface area contributed by atoms with Crippen LogP contribution in [-0.2, 0) is 16.1 Å². The molecule has 2 amide bonds. The predicted molar refractivity (Wildman–Crippen MR) is 130 cm³/mol. The summed E-state index contributed by atoms with van der Waals surface area (Å²) < 4.78 is 7.15. The minimum atomic E-state index is -1.04. The monoisotopic (exact) mass is 479 g/mol. The summed E-state index contributed by atoms with van der Waals surface area (Å²) in [5.41, 5.74) is 1.43. The summed E-state index contributed by atoms with van der Waals surface area (Å²) in [4.78, 5) is 28.8. The second-order valence-electron chi connectivity index (χ2n) is 8.62. The fourth-order valence-electron chi connectivity index (χ4n) is 3.59. The van der Waals surface area contributed by atoms with Gasteiger partial charge in [-0.15, -0.1) is 5.10 Å². The summed E-state index contributed by atoms with van der Waals surface area (Å²) in [6.07, 6.45) is 2.19. The van der Waals surface area contributed by atoms with E-state index in [-0.39, 0.29) is 18.4 Å². The van der Waals surface area contributed by atoms with E-state index in [9.17, 15) is 9.59 Å². The number of fused-ring (bicyclic) bond motifs is 1. The number of para-hydroxylation sites is 1. The molecule has 4 rings (SSSR count). The molecule has 176 valence electrons. The van der Waals surface area contributed by atoms with Gasteiger partial charge in [-0.2, -0.15) is 0 Å². The minimum Gasteiger partial charge on any atom is -0.467 e. The fraction of sp³-hybridized carbons (Fsp3) is 0.280. The van der Waals surface area contributed by atoms with Gasteiger partial charge in [0, 0.05) is 16.2 Å².